The molecule has 0 saturated heterocycles. The Morgan fingerprint density at radius 2 is 1.62 bits per heavy atom. The lowest BCUT2D eigenvalue weighted by Gasteiger charge is -2.16. The van der Waals surface area contributed by atoms with Crippen molar-refractivity contribution in [3.63, 3.8) is 0 Å². The molecule has 24 heavy (non-hydrogen) atoms. The summed E-state index contributed by atoms with van der Waals surface area (Å²) in [6, 6.07) is 11.4. The van der Waals surface area contributed by atoms with Gasteiger partial charge in [-0.15, -0.1) is 0 Å². The van der Waals surface area contributed by atoms with Gasteiger partial charge < -0.3 is 16.0 Å². The molecule has 0 aliphatic rings. The molecule has 0 saturated carbocycles. The van der Waals surface area contributed by atoms with Gasteiger partial charge >= 0.3 is 6.03 Å². The van der Waals surface area contributed by atoms with Crippen molar-refractivity contribution in [1.82, 2.24) is 5.32 Å². The topological polar surface area (TPSA) is 70.2 Å². The fraction of sp³-hybridized carbons (Fsp3) is 0.176. The molecular formula is C17H17Cl2N3O2. The summed E-state index contributed by atoms with van der Waals surface area (Å²) in [6.07, 6.45) is 0. The quantitative estimate of drug-likeness (QED) is 0.725. The zero-order valence-electron chi connectivity index (χ0n) is 13.2. The number of hydrogen-bond acceptors (Lipinski definition) is 2. The van der Waals surface area contributed by atoms with Crippen LogP contribution in [0.15, 0.2) is 42.5 Å². The summed E-state index contributed by atoms with van der Waals surface area (Å²) in [4.78, 5) is 23.2. The zero-order chi connectivity index (χ0) is 17.7. The molecule has 2 aromatic carbocycles. The number of amides is 3. The highest BCUT2D eigenvalue weighted by Crippen LogP contribution is 2.23. The summed E-state index contributed by atoms with van der Waals surface area (Å²) in [5.74, 6) is -0.150. The fourth-order valence-corrected chi connectivity index (χ4v) is 2.69. The van der Waals surface area contributed by atoms with Crippen molar-refractivity contribution in [3.8, 4) is 0 Å². The van der Waals surface area contributed by atoms with Crippen molar-refractivity contribution < 1.29 is 9.59 Å². The van der Waals surface area contributed by atoms with Crippen LogP contribution in [-0.2, 0) is 4.79 Å². The maximum absolute atomic E-state index is 12.1. The zero-order valence-corrected chi connectivity index (χ0v) is 14.7. The molecule has 3 amide bonds. The molecule has 0 fully saturated rings. The molecule has 0 aromatic heterocycles. The van der Waals surface area contributed by atoms with Crippen molar-refractivity contribution in [1.29, 1.82) is 0 Å². The van der Waals surface area contributed by atoms with E-state index in [2.05, 4.69) is 16.0 Å². The van der Waals surface area contributed by atoms with Crippen LogP contribution in [0.3, 0.4) is 0 Å². The number of nitrogens with one attached hydrogen (secondary N) is 3. The summed E-state index contributed by atoms with van der Waals surface area (Å²) < 4.78 is 0. The predicted molar refractivity (Wildman–Crippen MR) is 97.8 cm³/mol. The Bertz CT molecular complexity index is 745. The van der Waals surface area contributed by atoms with Gasteiger partial charge in [0.2, 0.25) is 5.91 Å². The van der Waals surface area contributed by atoms with E-state index in [9.17, 15) is 9.59 Å². The summed E-state index contributed by atoms with van der Waals surface area (Å²) in [6.45, 7) is 3.29. The molecule has 0 aliphatic carbocycles. The van der Waals surface area contributed by atoms with Crippen molar-refractivity contribution in [2.75, 3.05) is 10.6 Å². The van der Waals surface area contributed by atoms with Crippen LogP contribution in [0.4, 0.5) is 16.2 Å². The second-order valence-electron chi connectivity index (χ2n) is 5.28. The second-order valence-corrected chi connectivity index (χ2v) is 6.16. The Labute approximate surface area is 150 Å². The molecule has 0 radical (unpaired) electrons. The van der Waals surface area contributed by atoms with E-state index in [0.29, 0.717) is 21.4 Å². The van der Waals surface area contributed by atoms with E-state index in [1.165, 1.54) is 6.92 Å². The van der Waals surface area contributed by atoms with Gasteiger partial charge in [0.15, 0.2) is 0 Å². The van der Waals surface area contributed by atoms with Crippen LogP contribution in [0.1, 0.15) is 25.5 Å². The van der Waals surface area contributed by atoms with Crippen LogP contribution in [0.5, 0.6) is 0 Å². The van der Waals surface area contributed by atoms with Gasteiger partial charge in [0.25, 0.3) is 0 Å². The maximum Gasteiger partial charge on any atom is 0.319 e. The summed E-state index contributed by atoms with van der Waals surface area (Å²) in [7, 11) is 0. The highest BCUT2D eigenvalue weighted by molar-refractivity contribution is 6.35. The van der Waals surface area contributed by atoms with E-state index in [1.807, 2.05) is 25.1 Å². The first-order chi connectivity index (χ1) is 11.3. The largest absolute Gasteiger partial charge is 0.331 e. The van der Waals surface area contributed by atoms with Crippen molar-refractivity contribution in [3.05, 3.63) is 58.1 Å². The molecule has 0 unspecified atom stereocenters. The van der Waals surface area contributed by atoms with Gasteiger partial charge in [-0.1, -0.05) is 35.3 Å². The van der Waals surface area contributed by atoms with E-state index >= 15 is 0 Å². The van der Waals surface area contributed by atoms with E-state index < -0.39 is 0 Å². The molecule has 1 atom stereocenters. The third-order valence-corrected chi connectivity index (χ3v) is 3.61. The number of carbonyl (C=O) groups is 2. The number of urea groups is 1. The van der Waals surface area contributed by atoms with E-state index in [0.717, 1.165) is 5.56 Å². The second kappa shape index (κ2) is 8.04. The Balaban J connectivity index is 2.02. The van der Waals surface area contributed by atoms with Gasteiger partial charge in [-0.2, -0.15) is 0 Å². The average Bonchev–Trinajstić information content (AvgIpc) is 2.45. The SMILES string of the molecule is CC(=O)Nc1cccc([C@H](C)NC(=O)Nc2cc(Cl)cc(Cl)c2)c1. The Morgan fingerprint density at radius 1 is 0.958 bits per heavy atom. The summed E-state index contributed by atoms with van der Waals surface area (Å²) in [5.41, 5.74) is 2.04. The molecule has 0 aliphatic heterocycles. The van der Waals surface area contributed by atoms with E-state index in [4.69, 9.17) is 23.2 Å². The predicted octanol–water partition coefficient (Wildman–Crippen LogP) is 4.83. The van der Waals surface area contributed by atoms with Crippen molar-refractivity contribution >= 4 is 46.5 Å². The van der Waals surface area contributed by atoms with Gasteiger partial charge in [0, 0.05) is 28.3 Å². The highest BCUT2D eigenvalue weighted by Gasteiger charge is 2.11. The molecule has 2 aromatic rings. The number of carbonyl (C=O) groups excluding carboxylic acids is 2. The van der Waals surface area contributed by atoms with Gasteiger partial charge in [0.05, 0.1) is 6.04 Å². The first kappa shape index (κ1) is 18.1. The Morgan fingerprint density at radius 3 is 2.25 bits per heavy atom. The summed E-state index contributed by atoms with van der Waals surface area (Å²) in [5, 5.41) is 9.08. The van der Waals surface area contributed by atoms with Crippen molar-refractivity contribution in [2.24, 2.45) is 0 Å². The smallest absolute Gasteiger partial charge is 0.319 e. The van der Waals surface area contributed by atoms with Crippen LogP contribution in [0.25, 0.3) is 0 Å². The highest BCUT2D eigenvalue weighted by atomic mass is 35.5. The first-order valence-electron chi connectivity index (χ1n) is 7.24. The number of benzene rings is 2. The third-order valence-electron chi connectivity index (χ3n) is 3.18. The van der Waals surface area contributed by atoms with Gasteiger partial charge in [-0.3, -0.25) is 4.79 Å². The minimum Gasteiger partial charge on any atom is -0.331 e. The van der Waals surface area contributed by atoms with E-state index in [-0.39, 0.29) is 18.0 Å². The lowest BCUT2D eigenvalue weighted by molar-refractivity contribution is -0.114. The molecule has 126 valence electrons. The Kier molecular flexibility index (Phi) is 6.06. The van der Waals surface area contributed by atoms with Crippen LogP contribution in [0.2, 0.25) is 10.0 Å². The lowest BCUT2D eigenvalue weighted by atomic mass is 10.1. The number of anilines is 2. The molecular weight excluding hydrogens is 349 g/mol. The van der Waals surface area contributed by atoms with Gasteiger partial charge in [-0.05, 0) is 42.8 Å². The standard InChI is InChI=1S/C17H17Cl2N3O2/c1-10(12-4-3-5-15(6-12)21-11(2)23)20-17(24)22-16-8-13(18)7-14(19)9-16/h3-10H,1-2H3,(H,21,23)(H2,20,22,24)/t10-/m0/s1. The minimum absolute atomic E-state index is 0.150. The minimum atomic E-state index is -0.384. The van der Waals surface area contributed by atoms with Crippen molar-refractivity contribution in [2.45, 2.75) is 19.9 Å². The molecule has 2 rings (SSSR count). The average molecular weight is 366 g/mol. The molecule has 7 heteroatoms. The Hall–Kier alpha value is -2.24. The monoisotopic (exact) mass is 365 g/mol. The number of halogens is 2. The van der Waals surface area contributed by atoms with Crippen LogP contribution in [0, 0.1) is 0 Å². The normalized spacial score (nSPS) is 11.5. The van der Waals surface area contributed by atoms with E-state index in [1.54, 1.807) is 24.3 Å². The first-order valence-corrected chi connectivity index (χ1v) is 8.00. The van der Waals surface area contributed by atoms with Crippen LogP contribution in [-0.4, -0.2) is 11.9 Å². The molecule has 3 N–H and O–H groups in total. The fourth-order valence-electron chi connectivity index (χ4n) is 2.16. The third kappa shape index (κ3) is 5.44. The lowest BCUT2D eigenvalue weighted by Crippen LogP contribution is -2.31. The molecule has 0 spiro atoms. The molecule has 5 nitrogen and oxygen atoms in total. The van der Waals surface area contributed by atoms with Crippen LogP contribution < -0.4 is 16.0 Å². The van der Waals surface area contributed by atoms with Gasteiger partial charge in [-0.25, -0.2) is 4.79 Å². The number of hydrogen-bond donors (Lipinski definition) is 3. The summed E-state index contributed by atoms with van der Waals surface area (Å²) >= 11 is 11.8. The maximum atomic E-state index is 12.1. The number of rotatable bonds is 4. The molecule has 0 bridgehead atoms. The van der Waals surface area contributed by atoms with Crippen LogP contribution >= 0.6 is 23.2 Å². The molecule has 0 heterocycles. The van der Waals surface area contributed by atoms with Gasteiger partial charge in [0.1, 0.15) is 0 Å².